The Morgan fingerprint density at radius 1 is 1.50 bits per heavy atom. The molecule has 20 heavy (non-hydrogen) atoms. The van der Waals surface area contributed by atoms with Crippen molar-refractivity contribution in [2.45, 2.75) is 26.4 Å². The number of carbonyl (C=O) groups is 1. The summed E-state index contributed by atoms with van der Waals surface area (Å²) in [6.07, 6.45) is 4.87. The van der Waals surface area contributed by atoms with E-state index in [0.717, 1.165) is 18.5 Å². The van der Waals surface area contributed by atoms with Crippen LogP contribution in [0.1, 0.15) is 29.4 Å². The Labute approximate surface area is 123 Å². The van der Waals surface area contributed by atoms with Crippen molar-refractivity contribution in [3.05, 3.63) is 29.7 Å². The predicted molar refractivity (Wildman–Crippen MR) is 78.8 cm³/mol. The van der Waals surface area contributed by atoms with Crippen LogP contribution in [0.25, 0.3) is 0 Å². The number of hydrogen-bond donors (Lipinski definition) is 2. The van der Waals surface area contributed by atoms with Gasteiger partial charge < -0.3 is 11.1 Å². The highest BCUT2D eigenvalue weighted by molar-refractivity contribution is 5.91. The minimum atomic E-state index is -0.487. The van der Waals surface area contributed by atoms with Crippen molar-refractivity contribution < 1.29 is 4.79 Å². The highest BCUT2D eigenvalue weighted by Gasteiger charge is 2.09. The molecule has 2 rings (SSSR count). The zero-order valence-corrected chi connectivity index (χ0v) is 12.4. The van der Waals surface area contributed by atoms with E-state index in [-0.39, 0.29) is 12.4 Å². The smallest absolute Gasteiger partial charge is 0.267 e. The van der Waals surface area contributed by atoms with Crippen molar-refractivity contribution in [3.63, 3.8) is 0 Å². The van der Waals surface area contributed by atoms with Gasteiger partial charge in [-0.05, 0) is 6.42 Å². The molecular weight excluding hydrogens is 280 g/mol. The lowest BCUT2D eigenvalue weighted by molar-refractivity contribution is 0.0991. The summed E-state index contributed by atoms with van der Waals surface area (Å²) in [5.41, 5.74) is 6.68. The normalized spacial score (nSPS) is 10.1. The first-order chi connectivity index (χ1) is 9.10. The van der Waals surface area contributed by atoms with Crippen LogP contribution in [0, 0.1) is 0 Å². The van der Waals surface area contributed by atoms with Crippen LogP contribution in [-0.4, -0.2) is 25.5 Å². The van der Waals surface area contributed by atoms with Crippen LogP contribution in [0.4, 0.5) is 5.82 Å². The fourth-order valence-electron chi connectivity index (χ4n) is 1.83. The molecule has 110 valence electrons. The maximum Gasteiger partial charge on any atom is 0.267 e. The molecule has 0 fully saturated rings. The lowest BCUT2D eigenvalue weighted by Crippen LogP contribution is -2.15. The number of halogens is 1. The summed E-state index contributed by atoms with van der Waals surface area (Å²) in [6.45, 7) is 3.63. The van der Waals surface area contributed by atoms with E-state index in [2.05, 4.69) is 22.4 Å². The summed E-state index contributed by atoms with van der Waals surface area (Å²) in [5, 5.41) is 11.6. The molecule has 2 aromatic rings. The average molecular weight is 299 g/mol. The molecule has 0 aliphatic heterocycles. The van der Waals surface area contributed by atoms with Gasteiger partial charge in [-0.15, -0.1) is 12.4 Å². The lowest BCUT2D eigenvalue weighted by atomic mass is 10.3. The van der Waals surface area contributed by atoms with Crippen molar-refractivity contribution in [1.82, 2.24) is 19.6 Å². The van der Waals surface area contributed by atoms with Crippen LogP contribution in [0.15, 0.2) is 18.5 Å². The highest BCUT2D eigenvalue weighted by atomic mass is 35.5. The Hall–Kier alpha value is -2.02. The molecule has 8 heteroatoms. The lowest BCUT2D eigenvalue weighted by Gasteiger charge is -1.99. The van der Waals surface area contributed by atoms with Gasteiger partial charge >= 0.3 is 0 Å². The highest BCUT2D eigenvalue weighted by Crippen LogP contribution is 2.09. The van der Waals surface area contributed by atoms with Crippen molar-refractivity contribution in [3.8, 4) is 0 Å². The molecule has 0 aliphatic rings. The molecule has 7 nitrogen and oxygen atoms in total. The zero-order chi connectivity index (χ0) is 13.8. The third-order valence-corrected chi connectivity index (χ3v) is 2.75. The molecule has 0 saturated carbocycles. The Morgan fingerprint density at radius 2 is 2.25 bits per heavy atom. The van der Waals surface area contributed by atoms with E-state index >= 15 is 0 Å². The molecule has 2 heterocycles. The summed E-state index contributed by atoms with van der Waals surface area (Å²) >= 11 is 0. The number of aryl methyl sites for hydroxylation is 2. The largest absolute Gasteiger partial charge is 0.364 e. The van der Waals surface area contributed by atoms with Gasteiger partial charge in [-0.25, -0.2) is 0 Å². The molecule has 0 aromatic carbocycles. The number of rotatable bonds is 6. The third-order valence-electron chi connectivity index (χ3n) is 2.75. The number of nitrogens with two attached hydrogens (primary N) is 1. The van der Waals surface area contributed by atoms with Crippen LogP contribution in [0.5, 0.6) is 0 Å². The van der Waals surface area contributed by atoms with Gasteiger partial charge in [0.25, 0.3) is 5.91 Å². The van der Waals surface area contributed by atoms with Crippen molar-refractivity contribution in [2.75, 3.05) is 5.32 Å². The molecule has 3 N–H and O–H groups in total. The first-order valence-corrected chi connectivity index (χ1v) is 6.19. The second-order valence-corrected chi connectivity index (χ2v) is 4.37. The maximum atomic E-state index is 11.1. The van der Waals surface area contributed by atoms with Gasteiger partial charge in [0.15, 0.2) is 0 Å². The molecule has 0 unspecified atom stereocenters. The van der Waals surface area contributed by atoms with E-state index in [1.165, 1.54) is 4.68 Å². The van der Waals surface area contributed by atoms with E-state index in [1.807, 2.05) is 17.1 Å². The molecule has 0 saturated heterocycles. The molecular formula is C12H19ClN6O. The summed E-state index contributed by atoms with van der Waals surface area (Å²) < 4.78 is 3.37. The molecule has 0 atom stereocenters. The van der Waals surface area contributed by atoms with Gasteiger partial charge in [-0.3, -0.25) is 14.2 Å². The number of nitrogens with one attached hydrogen (secondary N) is 1. The van der Waals surface area contributed by atoms with Crippen molar-refractivity contribution >= 4 is 24.1 Å². The maximum absolute atomic E-state index is 11.1. The number of carbonyl (C=O) groups excluding carboxylic acids is 1. The second-order valence-electron chi connectivity index (χ2n) is 4.37. The molecule has 0 radical (unpaired) electrons. The van der Waals surface area contributed by atoms with Crippen LogP contribution >= 0.6 is 12.4 Å². The predicted octanol–water partition coefficient (Wildman–Crippen LogP) is 1.16. The van der Waals surface area contributed by atoms with Crippen LogP contribution < -0.4 is 11.1 Å². The fourth-order valence-corrected chi connectivity index (χ4v) is 1.83. The summed E-state index contributed by atoms with van der Waals surface area (Å²) in [4.78, 5) is 11.1. The molecule has 1 amide bonds. The number of amides is 1. The number of nitrogens with zero attached hydrogens (tertiary/aromatic N) is 4. The number of primary amides is 1. The summed E-state index contributed by atoms with van der Waals surface area (Å²) in [5.74, 6) is 0.137. The zero-order valence-electron chi connectivity index (χ0n) is 11.5. The van der Waals surface area contributed by atoms with Gasteiger partial charge in [-0.2, -0.15) is 10.2 Å². The van der Waals surface area contributed by atoms with Crippen molar-refractivity contribution in [2.24, 2.45) is 12.8 Å². The quantitative estimate of drug-likeness (QED) is 0.837. The SMILES string of the molecule is CCCn1cc(CNc2cc(C(N)=O)n(C)n2)cn1.Cl. The Balaban J connectivity index is 0.00000200. The summed E-state index contributed by atoms with van der Waals surface area (Å²) in [7, 11) is 1.69. The standard InChI is InChI=1S/C12H18N6O.ClH/c1-3-4-18-8-9(7-15-18)6-14-11-5-10(12(13)19)17(2)16-11;/h5,7-8H,3-4,6H2,1-2H3,(H2,13,19)(H,14,16);1H. The minimum absolute atomic E-state index is 0. The molecule has 2 aromatic heterocycles. The topological polar surface area (TPSA) is 90.8 Å². The fraction of sp³-hybridized carbons (Fsp3) is 0.417. The van der Waals surface area contributed by atoms with Crippen molar-refractivity contribution in [1.29, 1.82) is 0 Å². The van der Waals surface area contributed by atoms with E-state index in [9.17, 15) is 4.79 Å². The van der Waals surface area contributed by atoms with Gasteiger partial charge in [-0.1, -0.05) is 6.92 Å². The summed E-state index contributed by atoms with van der Waals surface area (Å²) in [6, 6.07) is 1.64. The first kappa shape index (κ1) is 16.0. The van der Waals surface area contributed by atoms with Crippen LogP contribution in [0.3, 0.4) is 0 Å². The number of aromatic nitrogens is 4. The Bertz CT molecular complexity index is 576. The molecule has 0 bridgehead atoms. The third kappa shape index (κ3) is 3.74. The van der Waals surface area contributed by atoms with E-state index in [4.69, 9.17) is 5.73 Å². The first-order valence-electron chi connectivity index (χ1n) is 6.19. The van der Waals surface area contributed by atoms with Gasteiger partial charge in [0.05, 0.1) is 6.20 Å². The van der Waals surface area contributed by atoms with E-state index < -0.39 is 5.91 Å². The molecule has 0 spiro atoms. The van der Waals surface area contributed by atoms with Gasteiger partial charge in [0.2, 0.25) is 0 Å². The van der Waals surface area contributed by atoms with Gasteiger partial charge in [0.1, 0.15) is 11.5 Å². The van der Waals surface area contributed by atoms with E-state index in [1.54, 1.807) is 13.1 Å². The molecule has 0 aliphatic carbocycles. The number of anilines is 1. The number of hydrogen-bond acceptors (Lipinski definition) is 4. The monoisotopic (exact) mass is 298 g/mol. The van der Waals surface area contributed by atoms with Gasteiger partial charge in [0, 0.05) is 38.0 Å². The van der Waals surface area contributed by atoms with Crippen LogP contribution in [-0.2, 0) is 20.1 Å². The van der Waals surface area contributed by atoms with E-state index in [0.29, 0.717) is 18.1 Å². The minimum Gasteiger partial charge on any atom is -0.364 e. The Morgan fingerprint density at radius 3 is 2.85 bits per heavy atom. The average Bonchev–Trinajstić information content (AvgIpc) is 2.94. The Kier molecular flexibility index (Phi) is 5.57. The second kappa shape index (κ2) is 6.95. The van der Waals surface area contributed by atoms with Crippen LogP contribution in [0.2, 0.25) is 0 Å².